The van der Waals surface area contributed by atoms with Crippen molar-refractivity contribution in [3.05, 3.63) is 124 Å². The van der Waals surface area contributed by atoms with Crippen molar-refractivity contribution >= 4 is 57.5 Å². The standard InChI is InChI=1S/C24H20N8O3.C15H9N9O2/c1-2-34-24(33)17-10-8-15(9-11-17)12-19-21(28-23-22(27-19)31-35-32-23)30-26-14-18-13-25-29-20(18)16-6-4-3-5-7-16;16-12-11(23-26-24-12)15(25)22-21-9-7-4-2-1-3-6(7)8-10(9)20-14-13(19-8)17-5-18-14/h3-11,13-14H,2,12H2,1H3,(H,25,29)(H,28,30,32);1-4H,5H2,(H2,16,24)(H,18,20)/b26-14+;. The van der Waals surface area contributed by atoms with E-state index in [2.05, 4.69) is 86.1 Å². The Morgan fingerprint density at radius 1 is 0.885 bits per heavy atom. The summed E-state index contributed by atoms with van der Waals surface area (Å²) in [4.78, 5) is 49.2. The van der Waals surface area contributed by atoms with Crippen molar-refractivity contribution in [1.29, 1.82) is 0 Å². The van der Waals surface area contributed by atoms with E-state index >= 15 is 0 Å². The summed E-state index contributed by atoms with van der Waals surface area (Å²) in [5.74, 6) is -0.850. The first kappa shape index (κ1) is 37.6. The molecule has 22 nitrogen and oxygen atoms in total. The molecule has 0 radical (unpaired) electrons. The number of nitrogens with one attached hydrogen (secondary N) is 3. The number of nitrogens with two attached hydrogens (primary N) is 1. The van der Waals surface area contributed by atoms with Gasteiger partial charge in [0.1, 0.15) is 12.4 Å². The maximum atomic E-state index is 12.1. The summed E-state index contributed by atoms with van der Waals surface area (Å²) in [6.07, 6.45) is 3.75. The van der Waals surface area contributed by atoms with Gasteiger partial charge in [0.25, 0.3) is 0 Å². The van der Waals surface area contributed by atoms with Crippen LogP contribution >= 0.6 is 0 Å². The molecule has 0 bridgehead atoms. The van der Waals surface area contributed by atoms with Crippen LogP contribution in [0.2, 0.25) is 0 Å². The van der Waals surface area contributed by atoms with Crippen molar-refractivity contribution in [2.24, 2.45) is 25.3 Å². The molecule has 0 saturated carbocycles. The Balaban J connectivity index is 0.000000163. The van der Waals surface area contributed by atoms with Crippen molar-refractivity contribution in [2.75, 3.05) is 24.4 Å². The maximum Gasteiger partial charge on any atom is 0.338 e. The second-order valence-electron chi connectivity index (χ2n) is 12.9. The number of fused-ring (bicyclic) bond motifs is 5. The number of aromatic amines is 2. The van der Waals surface area contributed by atoms with Crippen LogP contribution < -0.4 is 22.1 Å². The van der Waals surface area contributed by atoms with E-state index in [1.54, 1.807) is 31.5 Å². The van der Waals surface area contributed by atoms with Crippen LogP contribution in [0, 0.1) is 0 Å². The number of nitrogens with zero attached hydrogens (tertiary/aromatic N) is 13. The number of ether oxygens (including phenoxy) is 1. The Kier molecular flexibility index (Phi) is 10.2. The minimum atomic E-state index is -0.754. The molecule has 3 aliphatic rings. The number of azo groups is 1. The van der Waals surface area contributed by atoms with Gasteiger partial charge in [0.15, 0.2) is 16.8 Å². The second-order valence-corrected chi connectivity index (χ2v) is 12.9. The normalized spacial score (nSPS) is 12.1. The van der Waals surface area contributed by atoms with Gasteiger partial charge in [-0.15, -0.1) is 10.2 Å². The summed E-state index contributed by atoms with van der Waals surface area (Å²) in [6.45, 7) is 2.42. The number of H-pyrrole nitrogens is 2. The van der Waals surface area contributed by atoms with Crippen molar-refractivity contribution < 1.29 is 23.6 Å². The van der Waals surface area contributed by atoms with Gasteiger partial charge in [-0.3, -0.25) is 15.3 Å². The fourth-order valence-electron chi connectivity index (χ4n) is 6.27. The summed E-state index contributed by atoms with van der Waals surface area (Å²) >= 11 is 0. The van der Waals surface area contributed by atoms with Crippen LogP contribution in [0.5, 0.6) is 0 Å². The zero-order valence-electron chi connectivity index (χ0n) is 31.7. The summed E-state index contributed by atoms with van der Waals surface area (Å²) in [5, 5.41) is 35.3. The number of benzene rings is 3. The number of carbonyl (C=O) groups is 2. The molecular weight excluding hydrogens is 787 g/mol. The highest BCUT2D eigenvalue weighted by atomic mass is 16.6. The number of hydrogen-bond acceptors (Lipinski definition) is 19. The lowest BCUT2D eigenvalue weighted by Crippen LogP contribution is -2.30. The van der Waals surface area contributed by atoms with E-state index in [1.807, 2.05) is 66.7 Å². The van der Waals surface area contributed by atoms with Crippen molar-refractivity contribution in [3.63, 3.8) is 0 Å². The minimum Gasteiger partial charge on any atom is -0.462 e. The lowest BCUT2D eigenvalue weighted by molar-refractivity contribution is 0.0526. The fraction of sp³-hybridized carbons (Fsp3) is 0.103. The third-order valence-corrected chi connectivity index (χ3v) is 9.12. The third kappa shape index (κ3) is 7.73. The fourth-order valence-corrected chi connectivity index (χ4v) is 6.27. The van der Waals surface area contributed by atoms with Crippen molar-refractivity contribution in [1.82, 2.24) is 50.8 Å². The van der Waals surface area contributed by atoms with Crippen LogP contribution in [0.3, 0.4) is 0 Å². The molecule has 300 valence electrons. The van der Waals surface area contributed by atoms with Gasteiger partial charge in [0.2, 0.25) is 22.8 Å². The van der Waals surface area contributed by atoms with Gasteiger partial charge in [0.05, 0.1) is 47.4 Å². The minimum absolute atomic E-state index is 0.141. The lowest BCUT2D eigenvalue weighted by Gasteiger charge is -2.08. The Labute approximate surface area is 341 Å². The van der Waals surface area contributed by atoms with Gasteiger partial charge >= 0.3 is 11.9 Å². The van der Waals surface area contributed by atoms with E-state index in [-0.39, 0.29) is 23.1 Å². The van der Waals surface area contributed by atoms with Crippen LogP contribution in [0.15, 0.2) is 120 Å². The van der Waals surface area contributed by atoms with Crippen LogP contribution in [0.25, 0.3) is 44.7 Å². The van der Waals surface area contributed by atoms with E-state index in [4.69, 9.17) is 15.1 Å². The molecule has 6 heterocycles. The Hall–Kier alpha value is -8.95. The second kappa shape index (κ2) is 16.5. The molecule has 7 aromatic rings. The summed E-state index contributed by atoms with van der Waals surface area (Å²) in [5.41, 5.74) is 16.3. The number of nitrogen functional groups attached to an aromatic ring is 1. The number of aromatic nitrogens is 10. The lowest BCUT2D eigenvalue weighted by atomic mass is 10.1. The number of carbonyl (C=O) groups excluding carboxylic acids is 2. The first-order valence-corrected chi connectivity index (χ1v) is 18.4. The summed E-state index contributed by atoms with van der Waals surface area (Å²) < 4.78 is 14.2. The average Bonchev–Trinajstić information content (AvgIpc) is 4.15. The van der Waals surface area contributed by atoms with E-state index < -0.39 is 5.91 Å². The zero-order chi connectivity index (χ0) is 41.7. The van der Waals surface area contributed by atoms with Crippen LogP contribution in [-0.2, 0) is 11.2 Å². The van der Waals surface area contributed by atoms with E-state index in [1.165, 1.54) is 0 Å². The molecule has 10 rings (SSSR count). The molecule has 22 heteroatoms. The molecule has 61 heavy (non-hydrogen) atoms. The van der Waals surface area contributed by atoms with Crippen molar-refractivity contribution in [3.8, 4) is 22.6 Å². The largest absolute Gasteiger partial charge is 0.462 e. The highest BCUT2D eigenvalue weighted by molar-refractivity contribution is 6.10. The molecule has 5 N–H and O–H groups in total. The van der Waals surface area contributed by atoms with Crippen LogP contribution in [0.1, 0.15) is 44.6 Å². The van der Waals surface area contributed by atoms with E-state index in [9.17, 15) is 9.59 Å². The maximum absolute atomic E-state index is 12.1. The molecule has 1 aliphatic carbocycles. The summed E-state index contributed by atoms with van der Waals surface area (Å²) in [6, 6.07) is 24.5. The van der Waals surface area contributed by atoms with E-state index in [0.29, 0.717) is 70.5 Å². The molecule has 3 aromatic carbocycles. The number of hydrazone groups is 1. The first-order chi connectivity index (χ1) is 29.9. The quantitative estimate of drug-likeness (QED) is 0.0644. The molecule has 0 unspecified atom stereocenters. The molecule has 4 aromatic heterocycles. The van der Waals surface area contributed by atoms with Gasteiger partial charge in [-0.1, -0.05) is 66.7 Å². The molecule has 2 aliphatic heterocycles. The number of esters is 1. The number of hydrogen-bond donors (Lipinski definition) is 4. The molecular formula is C39H29N17O5. The summed E-state index contributed by atoms with van der Waals surface area (Å²) in [7, 11) is 0. The topological polar surface area (TPSA) is 304 Å². The molecule has 0 atom stereocenters. The van der Waals surface area contributed by atoms with Gasteiger partial charge in [-0.05, 0) is 45.2 Å². The van der Waals surface area contributed by atoms with E-state index in [0.717, 1.165) is 33.2 Å². The predicted octanol–water partition coefficient (Wildman–Crippen LogP) is 4.38. The number of rotatable bonds is 10. The molecule has 0 fully saturated rings. The highest BCUT2D eigenvalue weighted by Gasteiger charge is 2.23. The Morgan fingerprint density at radius 2 is 1.66 bits per heavy atom. The molecule has 1 amide bonds. The van der Waals surface area contributed by atoms with Gasteiger partial charge in [0, 0.05) is 28.3 Å². The smallest absolute Gasteiger partial charge is 0.338 e. The SMILES string of the molecule is CCOC(=O)c1ccc(Cc2nc3nonc3nc2N/N=C/c2cn[nH]c2-c2ccccc2)cc1.Nc1nonc1C(=O)N=Nc1c2[nH]c3c(nc-2c2ccccc12)=NCN=3. The third-order valence-electron chi connectivity index (χ3n) is 9.12. The van der Waals surface area contributed by atoms with Gasteiger partial charge in [-0.2, -0.15) is 10.2 Å². The Morgan fingerprint density at radius 3 is 2.44 bits per heavy atom. The van der Waals surface area contributed by atoms with Crippen LogP contribution in [-0.4, -0.2) is 82.1 Å². The monoisotopic (exact) mass is 815 g/mol. The zero-order valence-corrected chi connectivity index (χ0v) is 31.7. The predicted molar refractivity (Wildman–Crippen MR) is 215 cm³/mol. The first-order valence-electron chi connectivity index (χ1n) is 18.4. The van der Waals surface area contributed by atoms with Gasteiger partial charge < -0.3 is 15.5 Å². The average molecular weight is 816 g/mol. The number of anilines is 2. The van der Waals surface area contributed by atoms with Gasteiger partial charge in [-0.25, -0.2) is 39.0 Å². The Bertz CT molecular complexity index is 3210. The molecule has 0 spiro atoms. The molecule has 0 saturated heterocycles. The van der Waals surface area contributed by atoms with Crippen molar-refractivity contribution in [2.45, 2.75) is 13.3 Å². The highest BCUT2D eigenvalue weighted by Crippen LogP contribution is 2.41. The van der Waals surface area contributed by atoms with Crippen LogP contribution in [0.4, 0.5) is 17.3 Å². The number of amides is 1.